The zero-order chi connectivity index (χ0) is 15.7. The summed E-state index contributed by atoms with van der Waals surface area (Å²) in [5, 5.41) is 3.09. The maximum Gasteiger partial charge on any atom is 0.225 e. The van der Waals surface area contributed by atoms with Gasteiger partial charge >= 0.3 is 0 Å². The van der Waals surface area contributed by atoms with Crippen molar-refractivity contribution in [1.29, 1.82) is 0 Å². The highest BCUT2D eigenvalue weighted by molar-refractivity contribution is 5.89. The Morgan fingerprint density at radius 2 is 2.18 bits per heavy atom. The van der Waals surface area contributed by atoms with E-state index in [9.17, 15) is 9.59 Å². The lowest BCUT2D eigenvalue weighted by Crippen LogP contribution is -2.34. The average Bonchev–Trinajstić information content (AvgIpc) is 3.19. The minimum Gasteiger partial charge on any atom is -0.496 e. The molecule has 2 amide bonds. The van der Waals surface area contributed by atoms with Gasteiger partial charge in [-0.1, -0.05) is 18.2 Å². The average molecular weight is 302 g/mol. The van der Waals surface area contributed by atoms with Crippen LogP contribution in [-0.2, 0) is 9.59 Å². The zero-order valence-electron chi connectivity index (χ0n) is 13.0. The quantitative estimate of drug-likeness (QED) is 0.897. The maximum atomic E-state index is 12.3. The van der Waals surface area contributed by atoms with E-state index in [1.807, 2.05) is 31.2 Å². The van der Waals surface area contributed by atoms with Crippen LogP contribution in [0.1, 0.15) is 31.2 Å². The Bertz CT molecular complexity index is 587. The lowest BCUT2D eigenvalue weighted by Gasteiger charge is -2.14. The molecular weight excluding hydrogens is 280 g/mol. The van der Waals surface area contributed by atoms with E-state index in [0.717, 1.165) is 17.7 Å². The van der Waals surface area contributed by atoms with Crippen molar-refractivity contribution >= 4 is 11.8 Å². The fourth-order valence-electron chi connectivity index (χ4n) is 3.22. The number of para-hydroxylation sites is 1. The first kappa shape index (κ1) is 14.9. The smallest absolute Gasteiger partial charge is 0.225 e. The maximum absolute atomic E-state index is 12.3. The fraction of sp³-hybridized carbons (Fsp3) is 0.529. The van der Waals surface area contributed by atoms with Crippen LogP contribution in [0.5, 0.6) is 5.75 Å². The zero-order valence-corrected chi connectivity index (χ0v) is 13.0. The number of hydrogen-bond acceptors (Lipinski definition) is 3. The van der Waals surface area contributed by atoms with Gasteiger partial charge in [-0.25, -0.2) is 0 Å². The van der Waals surface area contributed by atoms with E-state index in [1.54, 1.807) is 12.0 Å². The van der Waals surface area contributed by atoms with Crippen LogP contribution < -0.4 is 10.1 Å². The summed E-state index contributed by atoms with van der Waals surface area (Å²) in [5.41, 5.74) is 1.15. The van der Waals surface area contributed by atoms with Gasteiger partial charge in [0.2, 0.25) is 11.8 Å². The second kappa shape index (κ2) is 5.99. The van der Waals surface area contributed by atoms with Crippen molar-refractivity contribution in [2.45, 2.75) is 31.7 Å². The molecule has 1 saturated carbocycles. The Labute approximate surface area is 130 Å². The second-order valence-corrected chi connectivity index (χ2v) is 6.03. The van der Waals surface area contributed by atoms with E-state index in [4.69, 9.17) is 4.74 Å². The number of nitrogens with one attached hydrogen (secondary N) is 1. The molecule has 0 bridgehead atoms. The number of carbonyl (C=O) groups is 2. The number of nitrogens with zero attached hydrogens (tertiary/aromatic N) is 1. The number of carbonyl (C=O) groups excluding carboxylic acids is 2. The van der Waals surface area contributed by atoms with Crippen molar-refractivity contribution in [2.75, 3.05) is 20.2 Å². The summed E-state index contributed by atoms with van der Waals surface area (Å²) in [7, 11) is 1.66. The Balaban J connectivity index is 1.58. The standard InChI is InChI=1S/C17H22N2O3/c1-3-19-10-11(8-16(19)20)17(21)18-14-9-13(14)12-6-4-5-7-15(12)22-2/h4-7,11,13-14H,3,8-10H2,1-2H3,(H,18,21). The van der Waals surface area contributed by atoms with Crippen LogP contribution in [-0.4, -0.2) is 43.0 Å². The van der Waals surface area contributed by atoms with Crippen LogP contribution in [0.4, 0.5) is 0 Å². The first-order valence-corrected chi connectivity index (χ1v) is 7.85. The number of amides is 2. The number of benzene rings is 1. The number of rotatable bonds is 5. The molecule has 118 valence electrons. The van der Waals surface area contributed by atoms with E-state index in [2.05, 4.69) is 5.32 Å². The monoisotopic (exact) mass is 302 g/mol. The molecular formula is C17H22N2O3. The van der Waals surface area contributed by atoms with E-state index in [0.29, 0.717) is 25.4 Å². The van der Waals surface area contributed by atoms with Gasteiger partial charge in [0, 0.05) is 31.5 Å². The molecule has 3 rings (SSSR count). The molecule has 0 spiro atoms. The van der Waals surface area contributed by atoms with Gasteiger partial charge in [-0.2, -0.15) is 0 Å². The summed E-state index contributed by atoms with van der Waals surface area (Å²) in [6.07, 6.45) is 1.27. The van der Waals surface area contributed by atoms with Gasteiger partial charge in [0.05, 0.1) is 13.0 Å². The molecule has 3 unspecified atom stereocenters. The van der Waals surface area contributed by atoms with Gasteiger partial charge < -0.3 is 15.0 Å². The minimum absolute atomic E-state index is 0.00620. The van der Waals surface area contributed by atoms with Crippen molar-refractivity contribution in [3.8, 4) is 5.75 Å². The molecule has 1 aromatic carbocycles. The number of hydrogen-bond donors (Lipinski definition) is 1. The number of likely N-dealkylation sites (tertiary alicyclic amines) is 1. The molecule has 1 saturated heterocycles. The van der Waals surface area contributed by atoms with Gasteiger partial charge in [0.15, 0.2) is 0 Å². The minimum atomic E-state index is -0.202. The SMILES string of the molecule is CCN1CC(C(=O)NC2CC2c2ccccc2OC)CC1=O. The Morgan fingerprint density at radius 1 is 1.41 bits per heavy atom. The molecule has 1 N–H and O–H groups in total. The van der Waals surface area contributed by atoms with Gasteiger partial charge in [-0.05, 0) is 25.0 Å². The van der Waals surface area contributed by atoms with Gasteiger partial charge in [0.1, 0.15) is 5.75 Å². The molecule has 3 atom stereocenters. The Kier molecular flexibility index (Phi) is 4.05. The molecule has 0 aromatic heterocycles. The van der Waals surface area contributed by atoms with Crippen molar-refractivity contribution < 1.29 is 14.3 Å². The molecule has 5 nitrogen and oxygen atoms in total. The normalized spacial score (nSPS) is 26.9. The summed E-state index contributed by atoms with van der Waals surface area (Å²) in [6.45, 7) is 3.17. The molecule has 1 aromatic rings. The third-order valence-corrected chi connectivity index (χ3v) is 4.62. The van der Waals surface area contributed by atoms with Crippen molar-refractivity contribution in [3.05, 3.63) is 29.8 Å². The lowest BCUT2D eigenvalue weighted by molar-refractivity contribution is -0.128. The largest absolute Gasteiger partial charge is 0.496 e. The summed E-state index contributed by atoms with van der Waals surface area (Å²) in [5.74, 6) is 1.08. The molecule has 1 heterocycles. The van der Waals surface area contributed by atoms with Crippen LogP contribution in [0, 0.1) is 5.92 Å². The predicted octanol–water partition coefficient (Wildman–Crippen LogP) is 1.54. The summed E-state index contributed by atoms with van der Waals surface area (Å²) < 4.78 is 5.38. The van der Waals surface area contributed by atoms with Gasteiger partial charge in [-0.15, -0.1) is 0 Å². The Hall–Kier alpha value is -2.04. The molecule has 2 fully saturated rings. The van der Waals surface area contributed by atoms with Crippen LogP contribution in [0.3, 0.4) is 0 Å². The van der Waals surface area contributed by atoms with Crippen molar-refractivity contribution in [1.82, 2.24) is 10.2 Å². The van der Waals surface area contributed by atoms with Gasteiger partial charge in [-0.3, -0.25) is 9.59 Å². The molecule has 1 aliphatic heterocycles. The molecule has 0 radical (unpaired) electrons. The lowest BCUT2D eigenvalue weighted by atomic mass is 10.1. The molecule has 1 aliphatic carbocycles. The van der Waals surface area contributed by atoms with Crippen LogP contribution >= 0.6 is 0 Å². The molecule has 22 heavy (non-hydrogen) atoms. The third kappa shape index (κ3) is 2.80. The highest BCUT2D eigenvalue weighted by atomic mass is 16.5. The van der Waals surface area contributed by atoms with Gasteiger partial charge in [0.25, 0.3) is 0 Å². The highest BCUT2D eigenvalue weighted by Gasteiger charge is 2.43. The molecule has 2 aliphatic rings. The highest BCUT2D eigenvalue weighted by Crippen LogP contribution is 2.44. The van der Waals surface area contributed by atoms with E-state index in [1.165, 1.54) is 0 Å². The van der Waals surface area contributed by atoms with Crippen LogP contribution in [0.15, 0.2) is 24.3 Å². The molecule has 5 heteroatoms. The van der Waals surface area contributed by atoms with Crippen LogP contribution in [0.25, 0.3) is 0 Å². The fourth-order valence-corrected chi connectivity index (χ4v) is 3.22. The number of ether oxygens (including phenoxy) is 1. The predicted molar refractivity (Wildman–Crippen MR) is 82.6 cm³/mol. The first-order chi connectivity index (χ1) is 10.6. The Morgan fingerprint density at radius 3 is 2.86 bits per heavy atom. The summed E-state index contributed by atoms with van der Waals surface area (Å²) >= 11 is 0. The van der Waals surface area contributed by atoms with Crippen molar-refractivity contribution in [3.63, 3.8) is 0 Å². The summed E-state index contributed by atoms with van der Waals surface area (Å²) in [4.78, 5) is 25.8. The van der Waals surface area contributed by atoms with E-state index >= 15 is 0 Å². The van der Waals surface area contributed by atoms with Crippen molar-refractivity contribution in [2.24, 2.45) is 5.92 Å². The summed E-state index contributed by atoms with van der Waals surface area (Å²) in [6, 6.07) is 8.09. The third-order valence-electron chi connectivity index (χ3n) is 4.62. The van der Waals surface area contributed by atoms with E-state index in [-0.39, 0.29) is 23.8 Å². The topological polar surface area (TPSA) is 58.6 Å². The first-order valence-electron chi connectivity index (χ1n) is 7.85. The van der Waals surface area contributed by atoms with Crippen LogP contribution in [0.2, 0.25) is 0 Å². The second-order valence-electron chi connectivity index (χ2n) is 6.03. The van der Waals surface area contributed by atoms with E-state index < -0.39 is 0 Å². The number of methoxy groups -OCH3 is 1.